The molecule has 0 amide bonds. The summed E-state index contributed by atoms with van der Waals surface area (Å²) in [5.74, 6) is -2.52. The minimum absolute atomic E-state index is 0.0647. The van der Waals surface area contributed by atoms with E-state index < -0.39 is 23.5 Å². The predicted molar refractivity (Wildman–Crippen MR) is 78.5 cm³/mol. The van der Waals surface area contributed by atoms with Crippen LogP contribution in [0.4, 0.5) is 13.2 Å². The van der Waals surface area contributed by atoms with Gasteiger partial charge < -0.3 is 5.32 Å². The summed E-state index contributed by atoms with van der Waals surface area (Å²) in [4.78, 5) is 0. The molecule has 0 spiro atoms. The lowest BCUT2D eigenvalue weighted by atomic mass is 9.90. The Morgan fingerprint density at radius 1 is 1.05 bits per heavy atom. The van der Waals surface area contributed by atoms with Gasteiger partial charge in [-0.2, -0.15) is 0 Å². The Bertz CT molecular complexity index is 488. The van der Waals surface area contributed by atoms with E-state index in [1.54, 1.807) is 0 Å². The third-order valence-corrected chi connectivity index (χ3v) is 3.94. The van der Waals surface area contributed by atoms with Gasteiger partial charge >= 0.3 is 0 Å². The number of hydrogen-bond acceptors (Lipinski definition) is 1. The molecule has 1 unspecified atom stereocenters. The molecule has 0 fully saturated rings. The number of benzene rings is 1. The van der Waals surface area contributed by atoms with E-state index in [0.29, 0.717) is 6.54 Å². The molecule has 1 aliphatic rings. The van der Waals surface area contributed by atoms with Gasteiger partial charge in [-0.15, -0.1) is 0 Å². The molecule has 1 aromatic rings. The second-order valence-corrected chi connectivity index (χ2v) is 5.51. The molecular formula is C17H22F3N. The normalized spacial score (nSPS) is 17.8. The highest BCUT2D eigenvalue weighted by molar-refractivity contribution is 5.31. The lowest BCUT2D eigenvalue weighted by molar-refractivity contribution is 0.477. The number of allylic oxidation sites excluding steroid dienone is 1. The lowest BCUT2D eigenvalue weighted by Gasteiger charge is -2.24. The van der Waals surface area contributed by atoms with Crippen LogP contribution in [0.25, 0.3) is 0 Å². The summed E-state index contributed by atoms with van der Waals surface area (Å²) in [6.45, 7) is 2.49. The van der Waals surface area contributed by atoms with Crippen LogP contribution in [0.1, 0.15) is 57.1 Å². The van der Waals surface area contributed by atoms with Gasteiger partial charge in [0, 0.05) is 17.7 Å². The van der Waals surface area contributed by atoms with Crippen molar-refractivity contribution >= 4 is 0 Å². The Hall–Kier alpha value is -1.29. The van der Waals surface area contributed by atoms with E-state index in [4.69, 9.17) is 0 Å². The Kier molecular flexibility index (Phi) is 5.85. The van der Waals surface area contributed by atoms with E-state index in [1.165, 1.54) is 6.42 Å². The molecule has 0 heterocycles. The van der Waals surface area contributed by atoms with Crippen LogP contribution in [-0.4, -0.2) is 6.54 Å². The molecular weight excluding hydrogens is 275 g/mol. The molecule has 2 rings (SSSR count). The van der Waals surface area contributed by atoms with Gasteiger partial charge in [-0.1, -0.05) is 31.4 Å². The lowest BCUT2D eigenvalue weighted by Crippen LogP contribution is -2.25. The fraction of sp³-hybridized carbons (Fsp3) is 0.529. The zero-order chi connectivity index (χ0) is 15.2. The summed E-state index contributed by atoms with van der Waals surface area (Å²) in [7, 11) is 0. The van der Waals surface area contributed by atoms with Crippen molar-refractivity contribution in [2.24, 2.45) is 0 Å². The van der Waals surface area contributed by atoms with Gasteiger partial charge in [0.05, 0.1) is 6.04 Å². The fourth-order valence-corrected chi connectivity index (χ4v) is 2.93. The minimum atomic E-state index is -0.879. The van der Waals surface area contributed by atoms with Crippen LogP contribution in [-0.2, 0) is 0 Å². The summed E-state index contributed by atoms with van der Waals surface area (Å²) < 4.78 is 41.3. The average Bonchev–Trinajstić information content (AvgIpc) is 2.36. The molecule has 0 saturated heterocycles. The molecule has 0 aliphatic heterocycles. The van der Waals surface area contributed by atoms with Crippen molar-refractivity contribution in [1.29, 1.82) is 0 Å². The molecule has 1 aromatic carbocycles. The maximum Gasteiger partial charge on any atom is 0.134 e. The monoisotopic (exact) mass is 297 g/mol. The van der Waals surface area contributed by atoms with Crippen LogP contribution in [0.3, 0.4) is 0 Å². The van der Waals surface area contributed by atoms with Gasteiger partial charge in [0.1, 0.15) is 17.5 Å². The highest BCUT2D eigenvalue weighted by Gasteiger charge is 2.24. The molecule has 0 aromatic heterocycles. The van der Waals surface area contributed by atoms with E-state index in [2.05, 4.69) is 11.4 Å². The van der Waals surface area contributed by atoms with Crippen molar-refractivity contribution in [2.75, 3.05) is 6.54 Å². The highest BCUT2D eigenvalue weighted by Crippen LogP contribution is 2.32. The van der Waals surface area contributed by atoms with E-state index in [1.807, 2.05) is 6.92 Å². The van der Waals surface area contributed by atoms with Crippen molar-refractivity contribution < 1.29 is 13.2 Å². The average molecular weight is 297 g/mol. The Morgan fingerprint density at radius 2 is 1.71 bits per heavy atom. The van der Waals surface area contributed by atoms with Crippen LogP contribution in [0.2, 0.25) is 0 Å². The van der Waals surface area contributed by atoms with Crippen molar-refractivity contribution in [3.05, 3.63) is 46.8 Å². The van der Waals surface area contributed by atoms with Crippen molar-refractivity contribution in [2.45, 2.75) is 51.5 Å². The number of halogens is 3. The molecule has 0 radical (unpaired) electrons. The number of likely N-dealkylation sites (N-methyl/N-ethyl adjacent to an activating group) is 1. The van der Waals surface area contributed by atoms with E-state index in [0.717, 1.165) is 49.8 Å². The van der Waals surface area contributed by atoms with Gasteiger partial charge in [0.25, 0.3) is 0 Å². The molecule has 1 nitrogen and oxygen atoms in total. The quantitative estimate of drug-likeness (QED) is 0.768. The molecule has 4 heteroatoms. The molecule has 1 atom stereocenters. The predicted octanol–water partition coefficient (Wildman–Crippen LogP) is 5.04. The van der Waals surface area contributed by atoms with Crippen molar-refractivity contribution in [3.63, 3.8) is 0 Å². The largest absolute Gasteiger partial charge is 0.307 e. The molecule has 0 saturated carbocycles. The van der Waals surface area contributed by atoms with Crippen LogP contribution < -0.4 is 5.32 Å². The van der Waals surface area contributed by atoms with Crippen LogP contribution in [0.15, 0.2) is 23.8 Å². The van der Waals surface area contributed by atoms with Gasteiger partial charge in [0.2, 0.25) is 0 Å². The molecule has 0 bridgehead atoms. The molecule has 1 aliphatic carbocycles. The van der Waals surface area contributed by atoms with E-state index in [9.17, 15) is 13.2 Å². The van der Waals surface area contributed by atoms with Gasteiger partial charge in [-0.3, -0.25) is 0 Å². The smallest absolute Gasteiger partial charge is 0.134 e. The first-order valence-electron chi connectivity index (χ1n) is 7.70. The van der Waals surface area contributed by atoms with Gasteiger partial charge in [-0.05, 0) is 32.2 Å². The van der Waals surface area contributed by atoms with Gasteiger partial charge in [-0.25, -0.2) is 13.2 Å². The van der Waals surface area contributed by atoms with Crippen LogP contribution in [0.5, 0.6) is 0 Å². The summed E-state index contributed by atoms with van der Waals surface area (Å²) in [6.07, 6.45) is 8.33. The highest BCUT2D eigenvalue weighted by atomic mass is 19.1. The summed E-state index contributed by atoms with van der Waals surface area (Å²) >= 11 is 0. The van der Waals surface area contributed by atoms with E-state index in [-0.39, 0.29) is 5.56 Å². The number of rotatable bonds is 4. The molecule has 116 valence electrons. The third kappa shape index (κ3) is 4.10. The first-order chi connectivity index (χ1) is 10.1. The fourth-order valence-electron chi connectivity index (χ4n) is 2.93. The van der Waals surface area contributed by atoms with E-state index >= 15 is 0 Å². The number of nitrogens with one attached hydrogen (secondary N) is 1. The van der Waals surface area contributed by atoms with Gasteiger partial charge in [0.15, 0.2) is 0 Å². The van der Waals surface area contributed by atoms with Crippen molar-refractivity contribution in [3.8, 4) is 0 Å². The zero-order valence-corrected chi connectivity index (χ0v) is 12.4. The molecule has 1 N–H and O–H groups in total. The Morgan fingerprint density at radius 3 is 2.38 bits per heavy atom. The minimum Gasteiger partial charge on any atom is -0.307 e. The topological polar surface area (TPSA) is 12.0 Å². The first-order valence-corrected chi connectivity index (χ1v) is 7.70. The summed E-state index contributed by atoms with van der Waals surface area (Å²) in [5, 5.41) is 3.15. The second-order valence-electron chi connectivity index (χ2n) is 5.51. The van der Waals surface area contributed by atoms with Crippen LogP contribution >= 0.6 is 0 Å². The summed E-state index contributed by atoms with van der Waals surface area (Å²) in [6, 6.07) is 1.01. The third-order valence-electron chi connectivity index (χ3n) is 3.94. The maximum absolute atomic E-state index is 14.1. The second kappa shape index (κ2) is 7.64. The SMILES string of the molecule is CCNC(C1=CCCCCCC1)c1c(F)cc(F)cc1F. The first kappa shape index (κ1) is 16.1. The summed E-state index contributed by atoms with van der Waals surface area (Å²) in [5.41, 5.74) is 0.950. The number of hydrogen-bond donors (Lipinski definition) is 1. The standard InChI is InChI=1S/C17H22F3N/c1-2-21-17(12-8-6-4-3-5-7-9-12)16-14(19)10-13(18)11-15(16)20/h8,10-11,17,21H,2-7,9H2,1H3. The zero-order valence-electron chi connectivity index (χ0n) is 12.4. The van der Waals surface area contributed by atoms with Crippen LogP contribution in [0, 0.1) is 17.5 Å². The Balaban J connectivity index is 2.38. The maximum atomic E-state index is 14.1. The Labute approximate surface area is 124 Å². The molecule has 21 heavy (non-hydrogen) atoms. The van der Waals surface area contributed by atoms with Crippen molar-refractivity contribution in [1.82, 2.24) is 5.32 Å².